The number of nitrogens with one attached hydrogen (secondary N) is 2. The molecular weight excluding hydrogens is 224 g/mol. The van der Waals surface area contributed by atoms with Crippen molar-refractivity contribution in [1.82, 2.24) is 0 Å². The lowest BCUT2D eigenvalue weighted by Crippen LogP contribution is -2.38. The molecular formula is C14H18N4. The third-order valence-electron chi connectivity index (χ3n) is 3.55. The van der Waals surface area contributed by atoms with Gasteiger partial charge in [0.2, 0.25) is 0 Å². The van der Waals surface area contributed by atoms with Crippen LogP contribution in [0.5, 0.6) is 0 Å². The number of nitrogens with zero attached hydrogens (tertiary/aromatic N) is 1. The fourth-order valence-corrected chi connectivity index (χ4v) is 2.47. The van der Waals surface area contributed by atoms with Crippen LogP contribution in [0.2, 0.25) is 0 Å². The van der Waals surface area contributed by atoms with E-state index in [1.54, 1.807) is 6.07 Å². The van der Waals surface area contributed by atoms with E-state index in [-0.39, 0.29) is 0 Å². The van der Waals surface area contributed by atoms with Crippen LogP contribution in [-0.2, 0) is 0 Å². The Morgan fingerprint density at radius 3 is 2.67 bits per heavy atom. The molecule has 1 aromatic rings. The van der Waals surface area contributed by atoms with E-state index in [4.69, 9.17) is 11.1 Å². The maximum absolute atomic E-state index is 9.40. The number of hydrogen-bond acceptors (Lipinski definition) is 4. The summed E-state index contributed by atoms with van der Waals surface area (Å²) in [5, 5.41) is 20.0. The first kappa shape index (κ1) is 12.4. The minimum absolute atomic E-state index is 0.451. The van der Waals surface area contributed by atoms with E-state index in [1.807, 2.05) is 12.1 Å². The topological polar surface area (TPSA) is 85.7 Å². The van der Waals surface area contributed by atoms with Gasteiger partial charge in [-0.3, -0.25) is 0 Å². The molecule has 2 rings (SSSR count). The third kappa shape index (κ3) is 2.45. The Balaban J connectivity index is 2.22. The van der Waals surface area contributed by atoms with Crippen molar-refractivity contribution < 1.29 is 0 Å². The fourth-order valence-electron chi connectivity index (χ4n) is 2.47. The first-order chi connectivity index (χ1) is 8.69. The molecule has 1 saturated carbocycles. The first-order valence-electron chi connectivity index (χ1n) is 6.28. The number of hydrogen-bond donors (Lipinski definition) is 3. The van der Waals surface area contributed by atoms with Crippen LogP contribution < -0.4 is 11.1 Å². The van der Waals surface area contributed by atoms with Crippen LogP contribution >= 0.6 is 0 Å². The van der Waals surface area contributed by atoms with E-state index in [2.05, 4.69) is 11.4 Å². The largest absolute Gasteiger partial charge is 0.398 e. The zero-order valence-corrected chi connectivity index (χ0v) is 10.4. The molecule has 0 aromatic heterocycles. The number of rotatable bonds is 3. The molecule has 1 fully saturated rings. The molecule has 0 atom stereocenters. The van der Waals surface area contributed by atoms with Crippen LogP contribution in [0, 0.1) is 16.7 Å². The summed E-state index contributed by atoms with van der Waals surface area (Å²) in [5.41, 5.74) is 7.44. The predicted molar refractivity (Wildman–Crippen MR) is 73.8 cm³/mol. The highest BCUT2D eigenvalue weighted by atomic mass is 15.0. The zero-order chi connectivity index (χ0) is 13.0. The van der Waals surface area contributed by atoms with E-state index < -0.39 is 5.54 Å². The van der Waals surface area contributed by atoms with Crippen molar-refractivity contribution in [3.05, 3.63) is 23.8 Å². The summed E-state index contributed by atoms with van der Waals surface area (Å²) in [6, 6.07) is 7.89. The summed E-state index contributed by atoms with van der Waals surface area (Å²) < 4.78 is 0. The van der Waals surface area contributed by atoms with Crippen LogP contribution in [0.3, 0.4) is 0 Å². The van der Waals surface area contributed by atoms with Gasteiger partial charge in [-0.15, -0.1) is 0 Å². The van der Waals surface area contributed by atoms with Gasteiger partial charge >= 0.3 is 0 Å². The van der Waals surface area contributed by atoms with E-state index in [0.29, 0.717) is 11.3 Å². The van der Waals surface area contributed by atoms with Crippen LogP contribution in [-0.4, -0.2) is 11.8 Å². The monoisotopic (exact) mass is 242 g/mol. The second kappa shape index (κ2) is 5.09. The van der Waals surface area contributed by atoms with Crippen molar-refractivity contribution in [3.63, 3.8) is 0 Å². The van der Waals surface area contributed by atoms with Crippen molar-refractivity contribution in [3.8, 4) is 6.07 Å². The normalized spacial score (nSPS) is 17.7. The maximum atomic E-state index is 9.40. The van der Waals surface area contributed by atoms with Gasteiger partial charge in [-0.25, -0.2) is 0 Å². The molecule has 0 saturated heterocycles. The lowest BCUT2D eigenvalue weighted by molar-refractivity contribution is 0.393. The second-order valence-corrected chi connectivity index (χ2v) is 4.87. The SMILES string of the molecule is N#CC1(Nc2ccc(N)c(C=N)c2)CCCCC1. The Morgan fingerprint density at radius 1 is 1.33 bits per heavy atom. The van der Waals surface area contributed by atoms with Gasteiger partial charge in [-0.1, -0.05) is 19.3 Å². The van der Waals surface area contributed by atoms with Gasteiger partial charge in [-0.2, -0.15) is 5.26 Å². The highest BCUT2D eigenvalue weighted by Crippen LogP contribution is 2.31. The number of nitrogen functional groups attached to an aromatic ring is 1. The van der Waals surface area contributed by atoms with Gasteiger partial charge in [-0.05, 0) is 31.0 Å². The van der Waals surface area contributed by atoms with Crippen molar-refractivity contribution in [2.45, 2.75) is 37.6 Å². The van der Waals surface area contributed by atoms with Crippen LogP contribution in [0.25, 0.3) is 0 Å². The molecule has 94 valence electrons. The fraction of sp³-hybridized carbons (Fsp3) is 0.429. The highest BCUT2D eigenvalue weighted by Gasteiger charge is 2.31. The summed E-state index contributed by atoms with van der Waals surface area (Å²) >= 11 is 0. The van der Waals surface area contributed by atoms with Gasteiger partial charge in [0.25, 0.3) is 0 Å². The number of anilines is 2. The molecule has 1 aliphatic rings. The second-order valence-electron chi connectivity index (χ2n) is 4.87. The van der Waals surface area contributed by atoms with E-state index in [9.17, 15) is 5.26 Å². The first-order valence-corrected chi connectivity index (χ1v) is 6.28. The summed E-state index contributed by atoms with van der Waals surface area (Å²) in [4.78, 5) is 0. The Kier molecular flexibility index (Phi) is 3.52. The molecule has 0 aliphatic heterocycles. The quantitative estimate of drug-likeness (QED) is 0.562. The molecule has 0 bridgehead atoms. The number of nitriles is 1. The highest BCUT2D eigenvalue weighted by molar-refractivity contribution is 5.86. The van der Waals surface area contributed by atoms with E-state index in [1.165, 1.54) is 12.6 Å². The van der Waals surface area contributed by atoms with Gasteiger partial charge in [0.05, 0.1) is 6.07 Å². The van der Waals surface area contributed by atoms with Crippen LogP contribution in [0.15, 0.2) is 18.2 Å². The molecule has 18 heavy (non-hydrogen) atoms. The molecule has 4 N–H and O–H groups in total. The summed E-state index contributed by atoms with van der Waals surface area (Å²) in [5.74, 6) is 0. The van der Waals surface area contributed by atoms with Gasteiger partial charge in [0.1, 0.15) is 5.54 Å². The summed E-state index contributed by atoms with van der Waals surface area (Å²) in [7, 11) is 0. The zero-order valence-electron chi connectivity index (χ0n) is 10.4. The Bertz CT molecular complexity index is 481. The maximum Gasteiger partial charge on any atom is 0.125 e. The molecule has 0 unspecified atom stereocenters. The number of benzene rings is 1. The molecule has 1 aliphatic carbocycles. The molecule has 0 heterocycles. The Hall–Kier alpha value is -2.02. The Morgan fingerprint density at radius 2 is 2.06 bits per heavy atom. The molecule has 4 nitrogen and oxygen atoms in total. The van der Waals surface area contributed by atoms with Gasteiger partial charge in [0.15, 0.2) is 0 Å². The van der Waals surface area contributed by atoms with Crippen molar-refractivity contribution in [1.29, 1.82) is 10.7 Å². The van der Waals surface area contributed by atoms with Crippen LogP contribution in [0.4, 0.5) is 11.4 Å². The molecule has 0 amide bonds. The number of nitrogens with two attached hydrogens (primary N) is 1. The standard InChI is InChI=1S/C14H18N4/c15-9-11-8-12(4-5-13(11)17)18-14(10-16)6-2-1-3-7-14/h4-5,8-9,15,18H,1-3,6-7,17H2. The van der Waals surface area contributed by atoms with E-state index >= 15 is 0 Å². The average molecular weight is 242 g/mol. The van der Waals surface area contributed by atoms with Gasteiger partial charge in [0, 0.05) is 23.2 Å². The summed E-state index contributed by atoms with van der Waals surface area (Å²) in [6.45, 7) is 0. The summed E-state index contributed by atoms with van der Waals surface area (Å²) in [6.07, 6.45) is 6.39. The molecule has 0 radical (unpaired) electrons. The third-order valence-corrected chi connectivity index (χ3v) is 3.55. The molecule has 4 heteroatoms. The lowest BCUT2D eigenvalue weighted by Gasteiger charge is -2.32. The average Bonchev–Trinajstić information content (AvgIpc) is 2.42. The van der Waals surface area contributed by atoms with Crippen molar-refractivity contribution in [2.24, 2.45) is 0 Å². The smallest absolute Gasteiger partial charge is 0.125 e. The Labute approximate surface area is 107 Å². The van der Waals surface area contributed by atoms with Crippen molar-refractivity contribution >= 4 is 17.6 Å². The van der Waals surface area contributed by atoms with Gasteiger partial charge < -0.3 is 16.5 Å². The molecule has 1 aromatic carbocycles. The van der Waals surface area contributed by atoms with Crippen molar-refractivity contribution in [2.75, 3.05) is 11.1 Å². The lowest BCUT2D eigenvalue weighted by atomic mass is 9.82. The van der Waals surface area contributed by atoms with Crippen LogP contribution in [0.1, 0.15) is 37.7 Å². The minimum atomic E-state index is -0.451. The minimum Gasteiger partial charge on any atom is -0.398 e. The van der Waals surface area contributed by atoms with E-state index in [0.717, 1.165) is 31.4 Å². The molecule has 0 spiro atoms. The predicted octanol–water partition coefficient (Wildman–Crippen LogP) is 2.90.